The highest BCUT2D eigenvalue weighted by atomic mass is 32.1. The lowest BCUT2D eigenvalue weighted by molar-refractivity contribution is -0.115. The summed E-state index contributed by atoms with van der Waals surface area (Å²) in [5.74, 6) is -1.05. The molecule has 6 heteroatoms. The van der Waals surface area contributed by atoms with E-state index < -0.39 is 5.97 Å². The van der Waals surface area contributed by atoms with Crippen molar-refractivity contribution in [2.45, 2.75) is 6.42 Å². The van der Waals surface area contributed by atoms with Gasteiger partial charge in [0.2, 0.25) is 5.91 Å². The molecule has 0 bridgehead atoms. The molecular formula is C12H8N2O3S. The number of carboxylic acids is 1. The topological polar surface area (TPSA) is 79.3 Å². The maximum atomic E-state index is 11.2. The molecule has 2 heterocycles. The number of carbonyl (C=O) groups excluding carboxylic acids is 1. The fourth-order valence-corrected chi connectivity index (χ4v) is 2.66. The normalized spacial score (nSPS) is 13.2. The lowest BCUT2D eigenvalue weighted by Crippen LogP contribution is -2.03. The van der Waals surface area contributed by atoms with E-state index >= 15 is 0 Å². The van der Waals surface area contributed by atoms with E-state index in [9.17, 15) is 9.59 Å². The van der Waals surface area contributed by atoms with E-state index in [1.54, 1.807) is 0 Å². The smallest absolute Gasteiger partial charge is 0.355 e. The minimum Gasteiger partial charge on any atom is -0.476 e. The Balaban J connectivity index is 2.00. The summed E-state index contributed by atoms with van der Waals surface area (Å²) in [6, 6.07) is 5.52. The largest absolute Gasteiger partial charge is 0.476 e. The average molecular weight is 260 g/mol. The molecule has 0 aliphatic carbocycles. The summed E-state index contributed by atoms with van der Waals surface area (Å²) in [4.78, 5) is 26.0. The van der Waals surface area contributed by atoms with Crippen molar-refractivity contribution in [2.75, 3.05) is 5.32 Å². The van der Waals surface area contributed by atoms with Crippen molar-refractivity contribution in [3.8, 4) is 10.6 Å². The molecule has 0 atom stereocenters. The van der Waals surface area contributed by atoms with Gasteiger partial charge >= 0.3 is 5.97 Å². The molecule has 0 spiro atoms. The average Bonchev–Trinajstić information content (AvgIpc) is 2.91. The predicted molar refractivity (Wildman–Crippen MR) is 66.8 cm³/mol. The first-order chi connectivity index (χ1) is 8.63. The number of thiazole rings is 1. The third-order valence-electron chi connectivity index (χ3n) is 2.70. The van der Waals surface area contributed by atoms with Crippen LogP contribution in [0.5, 0.6) is 0 Å². The molecule has 90 valence electrons. The van der Waals surface area contributed by atoms with Crippen LogP contribution in [0, 0.1) is 0 Å². The highest BCUT2D eigenvalue weighted by molar-refractivity contribution is 7.13. The van der Waals surface area contributed by atoms with Gasteiger partial charge in [0.25, 0.3) is 0 Å². The number of carbonyl (C=O) groups is 2. The van der Waals surface area contributed by atoms with Gasteiger partial charge in [0.15, 0.2) is 5.69 Å². The maximum absolute atomic E-state index is 11.2. The van der Waals surface area contributed by atoms with Gasteiger partial charge in [0, 0.05) is 16.6 Å². The number of rotatable bonds is 2. The van der Waals surface area contributed by atoms with Crippen molar-refractivity contribution in [3.05, 3.63) is 34.8 Å². The van der Waals surface area contributed by atoms with Crippen LogP contribution >= 0.6 is 11.3 Å². The van der Waals surface area contributed by atoms with Crippen LogP contribution in [0.1, 0.15) is 16.1 Å². The molecule has 1 aromatic heterocycles. The first-order valence-corrected chi connectivity index (χ1v) is 6.13. The van der Waals surface area contributed by atoms with Crippen LogP contribution in [0.4, 0.5) is 5.69 Å². The molecule has 1 aromatic carbocycles. The molecule has 0 fully saturated rings. The summed E-state index contributed by atoms with van der Waals surface area (Å²) >= 11 is 1.28. The van der Waals surface area contributed by atoms with Crippen LogP contribution in [0.15, 0.2) is 23.6 Å². The minimum absolute atomic E-state index is 0.0208. The molecule has 2 aromatic rings. The highest BCUT2D eigenvalue weighted by Gasteiger charge is 2.18. The Morgan fingerprint density at radius 2 is 2.28 bits per heavy atom. The molecule has 0 saturated carbocycles. The monoisotopic (exact) mass is 260 g/mol. The molecule has 5 nitrogen and oxygen atoms in total. The number of amides is 1. The van der Waals surface area contributed by atoms with Gasteiger partial charge in [-0.3, -0.25) is 4.79 Å². The molecular weight excluding hydrogens is 252 g/mol. The molecule has 0 unspecified atom stereocenters. The third-order valence-corrected chi connectivity index (χ3v) is 3.59. The number of anilines is 1. The Labute approximate surface area is 106 Å². The zero-order valence-corrected chi connectivity index (χ0v) is 9.95. The molecule has 1 amide bonds. The first kappa shape index (κ1) is 10.9. The van der Waals surface area contributed by atoms with Gasteiger partial charge in [-0.2, -0.15) is 0 Å². The van der Waals surface area contributed by atoms with Gasteiger partial charge in [0.05, 0.1) is 6.42 Å². The molecule has 18 heavy (non-hydrogen) atoms. The Hall–Kier alpha value is -2.21. The van der Waals surface area contributed by atoms with Crippen molar-refractivity contribution < 1.29 is 14.7 Å². The fraction of sp³-hybridized carbons (Fsp3) is 0.0833. The van der Waals surface area contributed by atoms with E-state index in [1.165, 1.54) is 16.7 Å². The SMILES string of the molecule is O=C1Cc2cc(-c3nc(C(=O)O)cs3)ccc2N1. The van der Waals surface area contributed by atoms with Crippen molar-refractivity contribution in [3.63, 3.8) is 0 Å². The Morgan fingerprint density at radius 3 is 3.00 bits per heavy atom. The summed E-state index contributed by atoms with van der Waals surface area (Å²) in [7, 11) is 0. The molecule has 2 N–H and O–H groups in total. The Kier molecular flexibility index (Phi) is 2.38. The van der Waals surface area contributed by atoms with Gasteiger partial charge in [-0.25, -0.2) is 9.78 Å². The Bertz CT molecular complexity index is 663. The zero-order chi connectivity index (χ0) is 12.7. The number of nitrogens with zero attached hydrogens (tertiary/aromatic N) is 1. The second-order valence-corrected chi connectivity index (χ2v) is 4.80. The van der Waals surface area contributed by atoms with Crippen LogP contribution in [0.3, 0.4) is 0 Å². The van der Waals surface area contributed by atoms with E-state index in [4.69, 9.17) is 5.11 Å². The number of aromatic carboxylic acids is 1. The number of hydrogen-bond donors (Lipinski definition) is 2. The van der Waals surface area contributed by atoms with E-state index in [1.807, 2.05) is 18.2 Å². The summed E-state index contributed by atoms with van der Waals surface area (Å²) in [6.45, 7) is 0. The zero-order valence-electron chi connectivity index (χ0n) is 9.14. The summed E-state index contributed by atoms with van der Waals surface area (Å²) in [6.07, 6.45) is 0.361. The van der Waals surface area contributed by atoms with Crippen molar-refractivity contribution in [1.29, 1.82) is 0 Å². The first-order valence-electron chi connectivity index (χ1n) is 5.25. The maximum Gasteiger partial charge on any atom is 0.355 e. The molecule has 1 aliphatic heterocycles. The van der Waals surface area contributed by atoms with Crippen molar-refractivity contribution >= 4 is 28.9 Å². The Morgan fingerprint density at radius 1 is 1.44 bits per heavy atom. The molecule has 0 saturated heterocycles. The van der Waals surface area contributed by atoms with Crippen molar-refractivity contribution in [1.82, 2.24) is 4.98 Å². The molecule has 1 aliphatic rings. The quantitative estimate of drug-likeness (QED) is 0.865. The van der Waals surface area contributed by atoms with E-state index in [2.05, 4.69) is 10.3 Å². The highest BCUT2D eigenvalue weighted by Crippen LogP contribution is 2.30. The van der Waals surface area contributed by atoms with Gasteiger partial charge in [-0.05, 0) is 23.8 Å². The van der Waals surface area contributed by atoms with Crippen molar-refractivity contribution in [2.24, 2.45) is 0 Å². The van der Waals surface area contributed by atoms with Gasteiger partial charge in [-0.15, -0.1) is 11.3 Å². The fourth-order valence-electron chi connectivity index (χ4n) is 1.87. The van der Waals surface area contributed by atoms with Crippen LogP contribution in [-0.2, 0) is 11.2 Å². The van der Waals surface area contributed by atoms with Crippen LogP contribution in [0.25, 0.3) is 10.6 Å². The minimum atomic E-state index is -1.03. The standard InChI is InChI=1S/C12H8N2O3S/c15-10-4-7-3-6(1-2-8(7)13-10)11-14-9(5-18-11)12(16)17/h1-3,5H,4H2,(H,13,15)(H,16,17). The summed E-state index contributed by atoms with van der Waals surface area (Å²) in [5.41, 5.74) is 2.62. The second-order valence-electron chi connectivity index (χ2n) is 3.94. The lowest BCUT2D eigenvalue weighted by atomic mass is 10.1. The van der Waals surface area contributed by atoms with E-state index in [0.717, 1.165) is 16.8 Å². The number of fused-ring (bicyclic) bond motifs is 1. The number of carboxylic acid groups (broad SMARTS) is 1. The van der Waals surface area contributed by atoms with Crippen LogP contribution in [0.2, 0.25) is 0 Å². The number of hydrogen-bond acceptors (Lipinski definition) is 4. The molecule has 3 rings (SSSR count). The van der Waals surface area contributed by atoms with Crippen LogP contribution < -0.4 is 5.32 Å². The summed E-state index contributed by atoms with van der Waals surface area (Å²) < 4.78 is 0. The van der Waals surface area contributed by atoms with Gasteiger partial charge in [0.1, 0.15) is 5.01 Å². The van der Waals surface area contributed by atoms with Gasteiger partial charge in [-0.1, -0.05) is 0 Å². The lowest BCUT2D eigenvalue weighted by Gasteiger charge is -2.00. The molecule has 0 radical (unpaired) electrons. The number of nitrogens with one attached hydrogen (secondary N) is 1. The van der Waals surface area contributed by atoms with E-state index in [-0.39, 0.29) is 11.6 Å². The number of aromatic nitrogens is 1. The number of benzene rings is 1. The second kappa shape index (κ2) is 3.92. The van der Waals surface area contributed by atoms with E-state index in [0.29, 0.717) is 11.4 Å². The predicted octanol–water partition coefficient (Wildman–Crippen LogP) is 2.00. The third kappa shape index (κ3) is 1.76. The van der Waals surface area contributed by atoms with Crippen LogP contribution in [-0.4, -0.2) is 22.0 Å². The summed E-state index contributed by atoms with van der Waals surface area (Å²) in [5, 5.41) is 13.7. The van der Waals surface area contributed by atoms with Gasteiger partial charge < -0.3 is 10.4 Å².